The Bertz CT molecular complexity index is 804. The lowest BCUT2D eigenvalue weighted by molar-refractivity contribution is 0.849. The van der Waals surface area contributed by atoms with Crippen molar-refractivity contribution >= 4 is 35.0 Å². The molecular weight excluding hydrogens is 339 g/mol. The molecule has 7 heteroatoms. The summed E-state index contributed by atoms with van der Waals surface area (Å²) >= 11 is 13.5. The molecule has 0 spiro atoms. The highest BCUT2D eigenvalue weighted by Gasteiger charge is 2.12. The normalized spacial score (nSPS) is 10.8. The second-order valence-electron chi connectivity index (χ2n) is 4.61. The zero-order valence-electron chi connectivity index (χ0n) is 11.4. The summed E-state index contributed by atoms with van der Waals surface area (Å²) in [5, 5.41) is 10.3. The Morgan fingerprint density at radius 1 is 1.00 bits per heavy atom. The Kier molecular flexibility index (Phi) is 4.57. The van der Waals surface area contributed by atoms with Crippen LogP contribution in [-0.2, 0) is 5.75 Å². The zero-order chi connectivity index (χ0) is 15.5. The van der Waals surface area contributed by atoms with Crippen LogP contribution in [0.1, 0.15) is 5.56 Å². The minimum Gasteiger partial charge on any atom is -0.335 e. The molecule has 112 valence electrons. The molecule has 3 rings (SSSR count). The van der Waals surface area contributed by atoms with E-state index in [2.05, 4.69) is 10.2 Å². The first kappa shape index (κ1) is 15.2. The lowest BCUT2D eigenvalue weighted by atomic mass is 10.2. The highest BCUT2D eigenvalue weighted by atomic mass is 35.5. The lowest BCUT2D eigenvalue weighted by Crippen LogP contribution is -2.11. The van der Waals surface area contributed by atoms with Gasteiger partial charge in [-0.15, -0.1) is 10.2 Å². The van der Waals surface area contributed by atoms with Gasteiger partial charge in [-0.1, -0.05) is 59.2 Å². The molecule has 0 atom stereocenters. The van der Waals surface area contributed by atoms with Gasteiger partial charge >= 0.3 is 0 Å². The highest BCUT2D eigenvalue weighted by Crippen LogP contribution is 2.26. The monoisotopic (exact) mass is 350 g/mol. The number of nitrogens with zero attached hydrogens (tertiary/aromatic N) is 3. The summed E-state index contributed by atoms with van der Waals surface area (Å²) in [5.41, 5.74) is 1.93. The lowest BCUT2D eigenvalue weighted by Gasteiger charge is -2.04. The molecule has 2 aromatic carbocycles. The summed E-state index contributed by atoms with van der Waals surface area (Å²) in [6, 6.07) is 15.0. The second-order valence-corrected chi connectivity index (χ2v) is 6.42. The number of hydrogen-bond donors (Lipinski definition) is 1. The molecule has 0 unspecified atom stereocenters. The number of thioether (sulfide) groups is 1. The largest absolute Gasteiger partial charge is 0.335 e. The van der Waals surface area contributed by atoms with Crippen LogP contribution in [0, 0.1) is 0 Å². The average molecular weight is 351 g/mol. The standard InChI is InChI=1S/C15H12Cl2N4S/c16-12-5-1-3-10(7-12)9-22-15-20-19-14(21(15)18)11-4-2-6-13(17)8-11/h1-8H,9,18H2. The van der Waals surface area contributed by atoms with Crippen molar-refractivity contribution in [1.82, 2.24) is 14.9 Å². The number of hydrogen-bond acceptors (Lipinski definition) is 4. The third-order valence-corrected chi connectivity index (χ3v) is 4.49. The number of rotatable bonds is 4. The van der Waals surface area contributed by atoms with Crippen molar-refractivity contribution in [2.75, 3.05) is 5.84 Å². The first-order valence-electron chi connectivity index (χ1n) is 6.47. The molecule has 3 aromatic rings. The maximum atomic E-state index is 6.08. The molecule has 4 nitrogen and oxygen atoms in total. The number of nitrogen functional groups attached to an aromatic ring is 1. The van der Waals surface area contributed by atoms with E-state index in [0.717, 1.165) is 11.1 Å². The summed E-state index contributed by atoms with van der Waals surface area (Å²) in [6.07, 6.45) is 0. The smallest absolute Gasteiger partial charge is 0.210 e. The second kappa shape index (κ2) is 6.60. The van der Waals surface area contributed by atoms with E-state index in [4.69, 9.17) is 29.0 Å². The summed E-state index contributed by atoms with van der Waals surface area (Å²) in [6.45, 7) is 0. The van der Waals surface area contributed by atoms with Gasteiger partial charge in [-0.3, -0.25) is 0 Å². The number of benzene rings is 2. The quantitative estimate of drug-likeness (QED) is 0.564. The fourth-order valence-electron chi connectivity index (χ4n) is 1.97. The Morgan fingerprint density at radius 3 is 2.45 bits per heavy atom. The predicted octanol–water partition coefficient (Wildman–Crippen LogP) is 4.26. The maximum Gasteiger partial charge on any atom is 0.210 e. The Morgan fingerprint density at radius 2 is 1.73 bits per heavy atom. The van der Waals surface area contributed by atoms with Crippen molar-refractivity contribution in [1.29, 1.82) is 0 Å². The first-order chi connectivity index (χ1) is 10.6. The van der Waals surface area contributed by atoms with Gasteiger partial charge in [0.25, 0.3) is 0 Å². The zero-order valence-corrected chi connectivity index (χ0v) is 13.7. The van der Waals surface area contributed by atoms with Crippen molar-refractivity contribution in [2.24, 2.45) is 0 Å². The van der Waals surface area contributed by atoms with Gasteiger partial charge in [-0.05, 0) is 29.8 Å². The van der Waals surface area contributed by atoms with Gasteiger partial charge in [-0.2, -0.15) is 0 Å². The fraction of sp³-hybridized carbons (Fsp3) is 0.0667. The number of aromatic nitrogens is 3. The third-order valence-electron chi connectivity index (χ3n) is 3.00. The van der Waals surface area contributed by atoms with Crippen LogP contribution in [0.3, 0.4) is 0 Å². The van der Waals surface area contributed by atoms with Crippen LogP contribution in [0.25, 0.3) is 11.4 Å². The maximum absolute atomic E-state index is 6.08. The van der Waals surface area contributed by atoms with Crippen LogP contribution in [0.2, 0.25) is 10.0 Å². The Hall–Kier alpha value is -1.69. The fourth-order valence-corrected chi connectivity index (χ4v) is 3.18. The van der Waals surface area contributed by atoms with Crippen molar-refractivity contribution < 1.29 is 0 Å². The molecular formula is C15H12Cl2N4S. The van der Waals surface area contributed by atoms with Gasteiger partial charge in [0.05, 0.1) is 0 Å². The van der Waals surface area contributed by atoms with Crippen LogP contribution < -0.4 is 5.84 Å². The van der Waals surface area contributed by atoms with Crippen molar-refractivity contribution in [2.45, 2.75) is 10.9 Å². The molecule has 0 aliphatic carbocycles. The Labute approximate surface area is 142 Å². The predicted molar refractivity (Wildman–Crippen MR) is 91.6 cm³/mol. The first-order valence-corrected chi connectivity index (χ1v) is 8.21. The van der Waals surface area contributed by atoms with Gasteiger partial charge < -0.3 is 5.84 Å². The van der Waals surface area contributed by atoms with E-state index in [-0.39, 0.29) is 0 Å². The summed E-state index contributed by atoms with van der Waals surface area (Å²) in [4.78, 5) is 0. The molecule has 0 saturated carbocycles. The van der Waals surface area contributed by atoms with Gasteiger partial charge in [0.2, 0.25) is 5.16 Å². The van der Waals surface area contributed by atoms with E-state index in [1.807, 2.05) is 36.4 Å². The molecule has 2 N–H and O–H groups in total. The SMILES string of the molecule is Nn1c(SCc2cccc(Cl)c2)nnc1-c1cccc(Cl)c1. The highest BCUT2D eigenvalue weighted by molar-refractivity contribution is 7.98. The van der Waals surface area contributed by atoms with E-state index < -0.39 is 0 Å². The molecule has 0 bridgehead atoms. The summed E-state index contributed by atoms with van der Waals surface area (Å²) in [5.74, 6) is 7.37. The van der Waals surface area contributed by atoms with Gasteiger partial charge in [0, 0.05) is 21.4 Å². The minimum absolute atomic E-state index is 0.580. The van der Waals surface area contributed by atoms with Crippen LogP contribution >= 0.6 is 35.0 Å². The molecule has 0 amide bonds. The average Bonchev–Trinajstić information content (AvgIpc) is 2.86. The number of nitrogens with two attached hydrogens (primary N) is 1. The van der Waals surface area contributed by atoms with Crippen LogP contribution in [-0.4, -0.2) is 14.9 Å². The number of halogens is 2. The molecule has 0 fully saturated rings. The topological polar surface area (TPSA) is 56.7 Å². The van der Waals surface area contributed by atoms with E-state index in [1.54, 1.807) is 12.1 Å². The molecule has 0 aliphatic rings. The van der Waals surface area contributed by atoms with Crippen LogP contribution in [0.15, 0.2) is 53.7 Å². The molecule has 22 heavy (non-hydrogen) atoms. The Balaban J connectivity index is 1.79. The van der Waals surface area contributed by atoms with Gasteiger partial charge in [-0.25, -0.2) is 4.68 Å². The molecule has 0 aliphatic heterocycles. The molecule has 1 heterocycles. The van der Waals surface area contributed by atoms with Crippen LogP contribution in [0.5, 0.6) is 0 Å². The van der Waals surface area contributed by atoms with Gasteiger partial charge in [0.1, 0.15) is 0 Å². The van der Waals surface area contributed by atoms with E-state index in [1.165, 1.54) is 16.4 Å². The molecule has 1 aromatic heterocycles. The van der Waals surface area contributed by atoms with E-state index in [9.17, 15) is 0 Å². The van der Waals surface area contributed by atoms with E-state index in [0.29, 0.717) is 26.8 Å². The third kappa shape index (κ3) is 3.38. The van der Waals surface area contributed by atoms with Crippen molar-refractivity contribution in [3.8, 4) is 11.4 Å². The molecule has 0 radical (unpaired) electrons. The molecule has 0 saturated heterocycles. The summed E-state index contributed by atoms with van der Waals surface area (Å²) in [7, 11) is 0. The van der Waals surface area contributed by atoms with Crippen LogP contribution in [0.4, 0.5) is 0 Å². The van der Waals surface area contributed by atoms with Crippen molar-refractivity contribution in [3.63, 3.8) is 0 Å². The summed E-state index contributed by atoms with van der Waals surface area (Å²) < 4.78 is 1.47. The van der Waals surface area contributed by atoms with E-state index >= 15 is 0 Å². The van der Waals surface area contributed by atoms with Crippen molar-refractivity contribution in [3.05, 3.63) is 64.1 Å². The minimum atomic E-state index is 0.580. The van der Waals surface area contributed by atoms with Gasteiger partial charge in [0.15, 0.2) is 5.82 Å².